The average molecular weight is 212 g/mol. The minimum atomic E-state index is -0.854. The quantitative estimate of drug-likeness (QED) is 0.583. The highest BCUT2D eigenvalue weighted by molar-refractivity contribution is 7.17. The van der Waals surface area contributed by atoms with Crippen molar-refractivity contribution in [2.75, 3.05) is 5.73 Å². The van der Waals surface area contributed by atoms with E-state index in [4.69, 9.17) is 5.73 Å². The molecule has 0 fully saturated rings. The zero-order valence-corrected chi connectivity index (χ0v) is 7.68. The molecule has 2 N–H and O–H groups in total. The van der Waals surface area contributed by atoms with E-state index in [9.17, 15) is 14.5 Å². The van der Waals surface area contributed by atoms with Gasteiger partial charge in [0.25, 0.3) is 0 Å². The fourth-order valence-corrected chi connectivity index (χ4v) is 2.06. The lowest BCUT2D eigenvalue weighted by Gasteiger charge is -1.95. The van der Waals surface area contributed by atoms with Gasteiger partial charge >= 0.3 is 5.69 Å². The Bertz CT molecular complexity index is 523. The fourth-order valence-electron chi connectivity index (χ4n) is 1.20. The van der Waals surface area contributed by atoms with Crippen molar-refractivity contribution in [3.63, 3.8) is 0 Å². The number of anilines is 1. The van der Waals surface area contributed by atoms with Gasteiger partial charge in [0.2, 0.25) is 5.82 Å². The zero-order chi connectivity index (χ0) is 10.3. The van der Waals surface area contributed by atoms with Crippen molar-refractivity contribution in [3.8, 4) is 0 Å². The smallest absolute Gasteiger partial charge is 0.306 e. The number of nitro benzene ring substituents is 1. The van der Waals surface area contributed by atoms with Crippen LogP contribution in [0.2, 0.25) is 0 Å². The lowest BCUT2D eigenvalue weighted by atomic mass is 10.2. The van der Waals surface area contributed by atoms with Gasteiger partial charge in [-0.25, -0.2) is 0 Å². The Hall–Kier alpha value is -1.69. The van der Waals surface area contributed by atoms with Crippen LogP contribution < -0.4 is 5.73 Å². The van der Waals surface area contributed by atoms with Crippen LogP contribution in [0, 0.1) is 15.9 Å². The molecular weight excluding hydrogens is 207 g/mol. The van der Waals surface area contributed by atoms with E-state index in [0.717, 1.165) is 6.07 Å². The molecule has 1 aromatic carbocycles. The van der Waals surface area contributed by atoms with Gasteiger partial charge in [-0.15, -0.1) is 11.3 Å². The molecular formula is C8H5FN2O2S. The fraction of sp³-hybridized carbons (Fsp3) is 0. The summed E-state index contributed by atoms with van der Waals surface area (Å²) in [7, 11) is 0. The molecule has 4 nitrogen and oxygen atoms in total. The van der Waals surface area contributed by atoms with E-state index < -0.39 is 16.4 Å². The van der Waals surface area contributed by atoms with E-state index in [-0.39, 0.29) is 0 Å². The van der Waals surface area contributed by atoms with Crippen LogP contribution in [0.1, 0.15) is 0 Å². The van der Waals surface area contributed by atoms with Crippen LogP contribution in [-0.2, 0) is 0 Å². The van der Waals surface area contributed by atoms with E-state index in [1.807, 2.05) is 0 Å². The second-order valence-corrected chi connectivity index (χ2v) is 3.66. The Morgan fingerprint density at radius 1 is 1.50 bits per heavy atom. The summed E-state index contributed by atoms with van der Waals surface area (Å²) in [5.74, 6) is -0.854. The van der Waals surface area contributed by atoms with Crippen LogP contribution in [-0.4, -0.2) is 4.92 Å². The van der Waals surface area contributed by atoms with Crippen molar-refractivity contribution < 1.29 is 9.31 Å². The van der Waals surface area contributed by atoms with Crippen molar-refractivity contribution in [3.05, 3.63) is 33.4 Å². The number of nitrogen functional groups attached to an aromatic ring is 1. The first-order valence-corrected chi connectivity index (χ1v) is 4.58. The molecule has 2 aromatic rings. The third-order valence-electron chi connectivity index (χ3n) is 1.87. The van der Waals surface area contributed by atoms with Crippen LogP contribution in [0.15, 0.2) is 17.5 Å². The molecule has 14 heavy (non-hydrogen) atoms. The molecule has 0 aliphatic rings. The molecule has 2 rings (SSSR count). The summed E-state index contributed by atoms with van der Waals surface area (Å²) in [4.78, 5) is 9.67. The largest absolute Gasteiger partial charge is 0.398 e. The van der Waals surface area contributed by atoms with E-state index in [2.05, 4.69) is 0 Å². The molecule has 0 unspecified atom stereocenters. The van der Waals surface area contributed by atoms with Crippen molar-refractivity contribution in [1.29, 1.82) is 0 Å². The van der Waals surface area contributed by atoms with Crippen molar-refractivity contribution in [1.82, 2.24) is 0 Å². The van der Waals surface area contributed by atoms with Gasteiger partial charge in [-0.05, 0) is 6.07 Å². The van der Waals surface area contributed by atoms with Gasteiger partial charge in [0.05, 0.1) is 10.6 Å². The van der Waals surface area contributed by atoms with Gasteiger partial charge in [0.1, 0.15) is 0 Å². The predicted octanol–water partition coefficient (Wildman–Crippen LogP) is 2.53. The van der Waals surface area contributed by atoms with Crippen LogP contribution in [0.4, 0.5) is 15.8 Å². The summed E-state index contributed by atoms with van der Waals surface area (Å²) in [5, 5.41) is 12.6. The summed E-state index contributed by atoms with van der Waals surface area (Å²) in [6.07, 6.45) is 0. The number of rotatable bonds is 1. The summed E-state index contributed by atoms with van der Waals surface area (Å²) < 4.78 is 13.8. The Morgan fingerprint density at radius 2 is 2.21 bits per heavy atom. The number of nitrogens with zero attached hydrogens (tertiary/aromatic N) is 1. The summed E-state index contributed by atoms with van der Waals surface area (Å²) >= 11 is 1.26. The standard InChI is InChI=1S/C8H5FN2O2S/c9-5-1-4-6(10)3-14-8(4)2-7(5)11(12)13/h1-3H,10H2. The number of fused-ring (bicyclic) bond motifs is 1. The molecule has 0 aliphatic carbocycles. The molecule has 0 saturated heterocycles. The lowest BCUT2D eigenvalue weighted by Crippen LogP contribution is -1.92. The summed E-state index contributed by atoms with van der Waals surface area (Å²) in [6.45, 7) is 0. The zero-order valence-electron chi connectivity index (χ0n) is 6.86. The topological polar surface area (TPSA) is 69.2 Å². The highest BCUT2D eigenvalue weighted by atomic mass is 32.1. The van der Waals surface area contributed by atoms with Crippen LogP contribution >= 0.6 is 11.3 Å². The molecule has 0 bridgehead atoms. The number of nitro groups is 1. The maximum atomic E-state index is 13.1. The highest BCUT2D eigenvalue weighted by Crippen LogP contribution is 2.32. The number of benzene rings is 1. The van der Waals surface area contributed by atoms with E-state index in [0.29, 0.717) is 15.8 Å². The monoisotopic (exact) mass is 212 g/mol. The van der Waals surface area contributed by atoms with E-state index >= 15 is 0 Å². The lowest BCUT2D eigenvalue weighted by molar-refractivity contribution is -0.387. The third-order valence-corrected chi connectivity index (χ3v) is 2.83. The number of hydrogen-bond acceptors (Lipinski definition) is 4. The Balaban J connectivity index is 2.79. The van der Waals surface area contributed by atoms with Gasteiger partial charge in [-0.1, -0.05) is 0 Å². The van der Waals surface area contributed by atoms with Gasteiger partial charge < -0.3 is 5.73 Å². The maximum absolute atomic E-state index is 13.1. The molecule has 6 heteroatoms. The minimum Gasteiger partial charge on any atom is -0.398 e. The van der Waals surface area contributed by atoms with Gasteiger partial charge in [0.15, 0.2) is 0 Å². The number of nitrogens with two attached hydrogens (primary N) is 1. The molecule has 1 aromatic heterocycles. The van der Waals surface area contributed by atoms with Crippen LogP contribution in [0.3, 0.4) is 0 Å². The second kappa shape index (κ2) is 2.91. The first-order valence-electron chi connectivity index (χ1n) is 3.70. The van der Waals surface area contributed by atoms with Gasteiger partial charge in [-0.2, -0.15) is 4.39 Å². The average Bonchev–Trinajstić information content (AvgIpc) is 2.46. The Kier molecular flexibility index (Phi) is 1.85. The van der Waals surface area contributed by atoms with Crippen LogP contribution in [0.25, 0.3) is 10.1 Å². The normalized spacial score (nSPS) is 10.6. The summed E-state index contributed by atoms with van der Waals surface area (Å²) in [5.41, 5.74) is 5.47. The van der Waals surface area contributed by atoms with E-state index in [1.54, 1.807) is 5.38 Å². The molecule has 1 heterocycles. The molecule has 0 radical (unpaired) electrons. The summed E-state index contributed by atoms with van der Waals surface area (Å²) in [6, 6.07) is 2.30. The predicted molar refractivity (Wildman–Crippen MR) is 52.8 cm³/mol. The SMILES string of the molecule is Nc1csc2cc([N+](=O)[O-])c(F)cc12. The number of thiophene rings is 1. The Morgan fingerprint density at radius 3 is 2.86 bits per heavy atom. The molecule has 0 saturated carbocycles. The Labute approximate surface area is 81.9 Å². The number of halogens is 1. The van der Waals surface area contributed by atoms with Crippen LogP contribution in [0.5, 0.6) is 0 Å². The third kappa shape index (κ3) is 1.20. The highest BCUT2D eigenvalue weighted by Gasteiger charge is 2.16. The van der Waals surface area contributed by atoms with Crippen molar-refractivity contribution in [2.45, 2.75) is 0 Å². The van der Waals surface area contributed by atoms with Crippen molar-refractivity contribution in [2.24, 2.45) is 0 Å². The molecule has 0 aliphatic heterocycles. The molecule has 72 valence electrons. The first kappa shape index (κ1) is 8.89. The maximum Gasteiger partial charge on any atom is 0.306 e. The second-order valence-electron chi connectivity index (χ2n) is 2.75. The molecule has 0 amide bonds. The minimum absolute atomic E-state index is 0.443. The van der Waals surface area contributed by atoms with Crippen molar-refractivity contribution >= 4 is 32.8 Å². The first-order chi connectivity index (χ1) is 6.59. The van der Waals surface area contributed by atoms with Gasteiger partial charge in [-0.3, -0.25) is 10.1 Å². The number of hydrogen-bond donors (Lipinski definition) is 1. The van der Waals surface area contributed by atoms with Gasteiger partial charge in [0, 0.05) is 21.5 Å². The van der Waals surface area contributed by atoms with E-state index in [1.165, 1.54) is 17.4 Å². The molecule has 0 spiro atoms. The molecule has 0 atom stereocenters.